The number of benzene rings is 1. The normalized spacial score (nSPS) is 22.4. The van der Waals surface area contributed by atoms with Crippen molar-refractivity contribution in [1.29, 1.82) is 0 Å². The quantitative estimate of drug-likeness (QED) is 0.813. The molecule has 1 aliphatic rings. The van der Waals surface area contributed by atoms with Gasteiger partial charge in [-0.05, 0) is 44.6 Å². The molecule has 2 aromatic rings. The number of carbonyl (C=O) groups is 1. The highest BCUT2D eigenvalue weighted by Gasteiger charge is 2.27. The second-order valence-electron chi connectivity index (χ2n) is 6.03. The van der Waals surface area contributed by atoms with Crippen LogP contribution in [0.25, 0.3) is 10.9 Å². The van der Waals surface area contributed by atoms with E-state index in [2.05, 4.69) is 41.0 Å². The van der Waals surface area contributed by atoms with E-state index in [4.69, 9.17) is 4.74 Å². The van der Waals surface area contributed by atoms with E-state index in [0.29, 0.717) is 5.92 Å². The molecule has 0 spiro atoms. The van der Waals surface area contributed by atoms with Gasteiger partial charge >= 0.3 is 5.97 Å². The van der Waals surface area contributed by atoms with Crippen molar-refractivity contribution in [3.8, 4) is 0 Å². The zero-order valence-electron chi connectivity index (χ0n) is 12.7. The molecule has 1 aromatic heterocycles. The molecular formula is C17H22N2O2. The highest BCUT2D eigenvalue weighted by molar-refractivity contribution is 5.81. The summed E-state index contributed by atoms with van der Waals surface area (Å²) in [6.45, 7) is 3.01. The van der Waals surface area contributed by atoms with Crippen LogP contribution in [0.15, 0.2) is 24.3 Å². The van der Waals surface area contributed by atoms with Crippen LogP contribution in [-0.4, -0.2) is 22.9 Å². The molecule has 21 heavy (non-hydrogen) atoms. The fraction of sp³-hybridized carbons (Fsp3) is 0.529. The summed E-state index contributed by atoms with van der Waals surface area (Å²) in [4.78, 5) is 11.6. The third-order valence-electron chi connectivity index (χ3n) is 4.66. The van der Waals surface area contributed by atoms with E-state index in [0.717, 1.165) is 37.9 Å². The monoisotopic (exact) mass is 286 g/mol. The average molecular weight is 286 g/mol. The van der Waals surface area contributed by atoms with E-state index in [-0.39, 0.29) is 11.9 Å². The third-order valence-corrected chi connectivity index (χ3v) is 4.66. The van der Waals surface area contributed by atoms with E-state index >= 15 is 0 Å². The molecule has 3 rings (SSSR count). The number of esters is 1. The van der Waals surface area contributed by atoms with Crippen LogP contribution in [0.1, 0.15) is 31.4 Å². The van der Waals surface area contributed by atoms with Crippen LogP contribution in [0, 0.1) is 18.8 Å². The number of aromatic nitrogens is 2. The highest BCUT2D eigenvalue weighted by atomic mass is 16.5. The van der Waals surface area contributed by atoms with Crippen molar-refractivity contribution in [2.45, 2.75) is 39.2 Å². The maximum Gasteiger partial charge on any atom is 0.308 e. The molecule has 1 heterocycles. The Labute approximate surface area is 125 Å². The number of ether oxygens (including phenoxy) is 1. The van der Waals surface area contributed by atoms with Crippen molar-refractivity contribution in [3.63, 3.8) is 0 Å². The Bertz CT molecular complexity index is 639. The molecule has 1 aliphatic carbocycles. The summed E-state index contributed by atoms with van der Waals surface area (Å²) in [5.41, 5.74) is 2.30. The van der Waals surface area contributed by atoms with Crippen molar-refractivity contribution in [1.82, 2.24) is 9.78 Å². The average Bonchev–Trinajstić information content (AvgIpc) is 2.84. The first-order valence-electron chi connectivity index (χ1n) is 7.69. The molecule has 4 heteroatoms. The standard InChI is InChI=1S/C17H22N2O2/c1-12-15-5-3-4-6-16(15)19(18-12)11-13-7-9-14(10-8-13)17(20)21-2/h3-6,13-14H,7-11H2,1-2H3/t13-,14-. The Morgan fingerprint density at radius 2 is 2.00 bits per heavy atom. The lowest BCUT2D eigenvalue weighted by Gasteiger charge is -2.26. The van der Waals surface area contributed by atoms with Gasteiger partial charge in [0.1, 0.15) is 0 Å². The number of carbonyl (C=O) groups excluding carboxylic acids is 1. The van der Waals surface area contributed by atoms with Gasteiger partial charge in [0, 0.05) is 11.9 Å². The zero-order chi connectivity index (χ0) is 14.8. The lowest BCUT2D eigenvalue weighted by molar-refractivity contribution is -0.146. The van der Waals surface area contributed by atoms with E-state index in [9.17, 15) is 4.79 Å². The Morgan fingerprint density at radius 3 is 2.71 bits per heavy atom. The third kappa shape index (κ3) is 2.80. The van der Waals surface area contributed by atoms with Crippen LogP contribution in [0.3, 0.4) is 0 Å². The van der Waals surface area contributed by atoms with Gasteiger partial charge in [0.2, 0.25) is 0 Å². The number of rotatable bonds is 3. The summed E-state index contributed by atoms with van der Waals surface area (Å²) in [5.74, 6) is 0.657. The van der Waals surface area contributed by atoms with Gasteiger partial charge in [0.05, 0.1) is 24.2 Å². The molecule has 0 saturated heterocycles. The summed E-state index contributed by atoms with van der Waals surface area (Å²) in [5, 5.41) is 5.92. The first kappa shape index (κ1) is 14.1. The SMILES string of the molecule is COC(=O)[C@H]1CC[C@H](Cn2nc(C)c3ccccc32)CC1. The Kier molecular flexibility index (Phi) is 3.95. The topological polar surface area (TPSA) is 44.1 Å². The minimum atomic E-state index is -0.0474. The maximum atomic E-state index is 11.6. The van der Waals surface area contributed by atoms with Crippen molar-refractivity contribution in [2.24, 2.45) is 11.8 Å². The number of nitrogens with zero attached hydrogens (tertiary/aromatic N) is 2. The molecule has 0 unspecified atom stereocenters. The van der Waals surface area contributed by atoms with Crippen LogP contribution < -0.4 is 0 Å². The van der Waals surface area contributed by atoms with Crippen molar-refractivity contribution in [2.75, 3.05) is 7.11 Å². The Morgan fingerprint density at radius 1 is 1.29 bits per heavy atom. The van der Waals surface area contributed by atoms with Gasteiger partial charge in [-0.25, -0.2) is 0 Å². The summed E-state index contributed by atoms with van der Waals surface area (Å²) in [7, 11) is 1.48. The van der Waals surface area contributed by atoms with Crippen LogP contribution >= 0.6 is 0 Å². The molecule has 0 N–H and O–H groups in total. The van der Waals surface area contributed by atoms with Gasteiger partial charge in [-0.2, -0.15) is 5.10 Å². The van der Waals surface area contributed by atoms with E-state index in [1.807, 2.05) is 0 Å². The fourth-order valence-electron chi connectivity index (χ4n) is 3.42. The van der Waals surface area contributed by atoms with Crippen LogP contribution in [0.5, 0.6) is 0 Å². The molecular weight excluding hydrogens is 264 g/mol. The van der Waals surface area contributed by atoms with Gasteiger partial charge in [-0.3, -0.25) is 9.48 Å². The van der Waals surface area contributed by atoms with E-state index in [1.54, 1.807) is 0 Å². The van der Waals surface area contributed by atoms with Crippen molar-refractivity contribution >= 4 is 16.9 Å². The Hall–Kier alpha value is -1.84. The largest absolute Gasteiger partial charge is 0.469 e. The smallest absolute Gasteiger partial charge is 0.308 e. The summed E-state index contributed by atoms with van der Waals surface area (Å²) >= 11 is 0. The molecule has 1 saturated carbocycles. The molecule has 1 fully saturated rings. The van der Waals surface area contributed by atoms with Gasteiger partial charge < -0.3 is 4.74 Å². The van der Waals surface area contributed by atoms with E-state index < -0.39 is 0 Å². The maximum absolute atomic E-state index is 11.6. The van der Waals surface area contributed by atoms with Gasteiger partial charge in [0.15, 0.2) is 0 Å². The summed E-state index contributed by atoms with van der Waals surface area (Å²) < 4.78 is 6.98. The number of hydrogen-bond donors (Lipinski definition) is 0. The van der Waals surface area contributed by atoms with Crippen molar-refractivity contribution in [3.05, 3.63) is 30.0 Å². The van der Waals surface area contributed by atoms with Crippen LogP contribution in [0.2, 0.25) is 0 Å². The fourth-order valence-corrected chi connectivity index (χ4v) is 3.42. The van der Waals surface area contributed by atoms with E-state index in [1.165, 1.54) is 18.0 Å². The minimum absolute atomic E-state index is 0.0474. The molecule has 112 valence electrons. The van der Waals surface area contributed by atoms with Gasteiger partial charge in [-0.1, -0.05) is 18.2 Å². The van der Waals surface area contributed by atoms with Crippen LogP contribution in [-0.2, 0) is 16.1 Å². The lowest BCUT2D eigenvalue weighted by atomic mass is 9.82. The number of methoxy groups -OCH3 is 1. The van der Waals surface area contributed by atoms with Crippen molar-refractivity contribution < 1.29 is 9.53 Å². The number of aryl methyl sites for hydroxylation is 1. The molecule has 4 nitrogen and oxygen atoms in total. The minimum Gasteiger partial charge on any atom is -0.469 e. The van der Waals surface area contributed by atoms with Crippen LogP contribution in [0.4, 0.5) is 0 Å². The predicted molar refractivity (Wildman–Crippen MR) is 81.9 cm³/mol. The first-order chi connectivity index (χ1) is 10.2. The summed E-state index contributed by atoms with van der Waals surface area (Å²) in [6, 6.07) is 8.38. The molecule has 0 aliphatic heterocycles. The second kappa shape index (κ2) is 5.88. The highest BCUT2D eigenvalue weighted by Crippen LogP contribution is 2.31. The number of fused-ring (bicyclic) bond motifs is 1. The second-order valence-corrected chi connectivity index (χ2v) is 6.03. The van der Waals surface area contributed by atoms with Gasteiger partial charge in [-0.15, -0.1) is 0 Å². The molecule has 0 radical (unpaired) electrons. The Balaban J connectivity index is 1.69. The molecule has 0 atom stereocenters. The first-order valence-corrected chi connectivity index (χ1v) is 7.69. The van der Waals surface area contributed by atoms with Gasteiger partial charge in [0.25, 0.3) is 0 Å². The number of hydrogen-bond acceptors (Lipinski definition) is 3. The lowest BCUT2D eigenvalue weighted by Crippen LogP contribution is -2.25. The summed E-state index contributed by atoms with van der Waals surface area (Å²) in [6.07, 6.45) is 4.03. The molecule has 0 amide bonds. The molecule has 1 aromatic carbocycles. The zero-order valence-corrected chi connectivity index (χ0v) is 12.7. The number of para-hydroxylation sites is 1. The molecule has 0 bridgehead atoms. The predicted octanol–water partition coefficient (Wildman–Crippen LogP) is 3.32.